The molecular formula is C18H19N2O+. The van der Waals surface area contributed by atoms with Gasteiger partial charge in [0.1, 0.15) is 19.6 Å². The van der Waals surface area contributed by atoms with E-state index in [0.29, 0.717) is 6.54 Å². The molecule has 0 N–H and O–H groups in total. The topological polar surface area (TPSA) is 23.3 Å². The van der Waals surface area contributed by atoms with Gasteiger partial charge in [0, 0.05) is 5.56 Å². The lowest BCUT2D eigenvalue weighted by Crippen LogP contribution is -2.33. The van der Waals surface area contributed by atoms with Crippen LogP contribution in [0.25, 0.3) is 10.8 Å². The highest BCUT2D eigenvalue weighted by Gasteiger charge is 2.34. The molecule has 0 atom stereocenters. The van der Waals surface area contributed by atoms with E-state index in [0.717, 1.165) is 37.0 Å². The van der Waals surface area contributed by atoms with Crippen molar-refractivity contribution in [2.75, 3.05) is 26.2 Å². The van der Waals surface area contributed by atoms with E-state index < -0.39 is 0 Å². The van der Waals surface area contributed by atoms with Gasteiger partial charge < -0.3 is 0 Å². The van der Waals surface area contributed by atoms with Crippen molar-refractivity contribution >= 4 is 22.4 Å². The average molecular weight is 279 g/mol. The lowest BCUT2D eigenvalue weighted by Gasteiger charge is -2.11. The molecule has 0 spiro atoms. The Hall–Kier alpha value is -2.16. The van der Waals surface area contributed by atoms with Crippen LogP contribution >= 0.6 is 0 Å². The summed E-state index contributed by atoms with van der Waals surface area (Å²) in [6.07, 6.45) is 2.36. The number of hydrogen-bond donors (Lipinski definition) is 0. The number of carbonyl (C=O) groups excluding carboxylic acids is 1. The zero-order chi connectivity index (χ0) is 14.2. The average Bonchev–Trinajstić information content (AvgIpc) is 3.12. The first-order valence-corrected chi connectivity index (χ1v) is 7.69. The smallest absolute Gasteiger partial charge is 0.247 e. The van der Waals surface area contributed by atoms with Crippen molar-refractivity contribution in [2.45, 2.75) is 12.8 Å². The van der Waals surface area contributed by atoms with Gasteiger partial charge in [-0.25, -0.2) is 0 Å². The number of hydrogen-bond acceptors (Lipinski definition) is 2. The van der Waals surface area contributed by atoms with E-state index in [1.165, 1.54) is 17.6 Å². The highest BCUT2D eigenvalue weighted by atomic mass is 16.1. The van der Waals surface area contributed by atoms with Crippen LogP contribution in [0.5, 0.6) is 0 Å². The first kappa shape index (κ1) is 12.6. The van der Waals surface area contributed by atoms with Crippen molar-refractivity contribution < 1.29 is 9.37 Å². The van der Waals surface area contributed by atoms with Gasteiger partial charge in [0.25, 0.3) is 0 Å². The normalized spacial score (nSPS) is 17.6. The van der Waals surface area contributed by atoms with E-state index in [1.807, 2.05) is 30.3 Å². The van der Waals surface area contributed by atoms with E-state index in [4.69, 9.17) is 0 Å². The molecule has 0 unspecified atom stereocenters. The maximum atomic E-state index is 12.6. The summed E-state index contributed by atoms with van der Waals surface area (Å²) in [6, 6.07) is 14.2. The van der Waals surface area contributed by atoms with Crippen LogP contribution < -0.4 is 0 Å². The summed E-state index contributed by atoms with van der Waals surface area (Å²) in [5.74, 6) is 1.60. The second-order valence-corrected chi connectivity index (χ2v) is 5.91. The van der Waals surface area contributed by atoms with Crippen LogP contribution in [0.3, 0.4) is 0 Å². The minimum atomic E-state index is 0.224. The van der Waals surface area contributed by atoms with Gasteiger partial charge in [-0.3, -0.25) is 14.3 Å². The Morgan fingerprint density at radius 1 is 1.10 bits per heavy atom. The predicted octanol–water partition coefficient (Wildman–Crippen LogP) is 2.54. The number of Topliss-reactive ketones (excluding diaryl/α,β-unsaturated/α-hetero) is 1. The maximum Gasteiger partial charge on any atom is 0.247 e. The zero-order valence-electron chi connectivity index (χ0n) is 12.1. The van der Waals surface area contributed by atoms with Crippen LogP contribution in [0.4, 0.5) is 0 Å². The molecule has 2 aliphatic rings. The van der Waals surface area contributed by atoms with Gasteiger partial charge in [0.2, 0.25) is 11.6 Å². The Morgan fingerprint density at radius 3 is 2.86 bits per heavy atom. The summed E-state index contributed by atoms with van der Waals surface area (Å²) in [5.41, 5.74) is 0.825. The number of nitrogens with zero attached hydrogens (tertiary/aromatic N) is 2. The second kappa shape index (κ2) is 4.99. The summed E-state index contributed by atoms with van der Waals surface area (Å²) in [6.45, 7) is 3.76. The van der Waals surface area contributed by atoms with Crippen LogP contribution in [-0.2, 0) is 0 Å². The summed E-state index contributed by atoms with van der Waals surface area (Å²) in [5, 5.41) is 2.33. The van der Waals surface area contributed by atoms with Crippen molar-refractivity contribution in [3.8, 4) is 0 Å². The molecule has 2 heterocycles. The van der Waals surface area contributed by atoms with Gasteiger partial charge in [0.15, 0.2) is 0 Å². The third-order valence-corrected chi connectivity index (χ3v) is 4.60. The Kier molecular flexibility index (Phi) is 2.99. The van der Waals surface area contributed by atoms with Crippen molar-refractivity contribution in [3.63, 3.8) is 0 Å². The van der Waals surface area contributed by atoms with Crippen LogP contribution in [0.1, 0.15) is 23.2 Å². The number of rotatable bonds is 3. The summed E-state index contributed by atoms with van der Waals surface area (Å²) < 4.78 is 2.42. The largest absolute Gasteiger partial charge is 0.290 e. The van der Waals surface area contributed by atoms with Gasteiger partial charge in [-0.05, 0) is 23.3 Å². The summed E-state index contributed by atoms with van der Waals surface area (Å²) in [4.78, 5) is 14.8. The number of amidine groups is 1. The first-order valence-electron chi connectivity index (χ1n) is 7.69. The molecule has 106 valence electrons. The number of benzene rings is 2. The Morgan fingerprint density at radius 2 is 1.95 bits per heavy atom. The molecule has 2 aromatic carbocycles. The maximum absolute atomic E-state index is 12.6. The van der Waals surface area contributed by atoms with E-state index in [9.17, 15) is 4.79 Å². The number of fused-ring (bicyclic) bond motifs is 1. The molecule has 0 saturated heterocycles. The zero-order valence-corrected chi connectivity index (χ0v) is 12.1. The first-order chi connectivity index (χ1) is 10.3. The van der Waals surface area contributed by atoms with Gasteiger partial charge in [-0.15, -0.1) is 0 Å². The fraction of sp³-hybridized carbons (Fsp3) is 0.333. The minimum absolute atomic E-state index is 0.224. The summed E-state index contributed by atoms with van der Waals surface area (Å²) >= 11 is 0. The molecule has 0 aliphatic carbocycles. The van der Waals surface area contributed by atoms with Crippen LogP contribution in [-0.4, -0.2) is 47.3 Å². The number of ketones is 1. The fourth-order valence-corrected chi connectivity index (χ4v) is 3.48. The Labute approximate surface area is 124 Å². The van der Waals surface area contributed by atoms with Crippen LogP contribution in [0.2, 0.25) is 0 Å². The van der Waals surface area contributed by atoms with E-state index in [2.05, 4.69) is 21.6 Å². The van der Waals surface area contributed by atoms with Crippen molar-refractivity contribution in [1.82, 2.24) is 4.90 Å². The van der Waals surface area contributed by atoms with Gasteiger partial charge in [-0.2, -0.15) is 0 Å². The summed E-state index contributed by atoms with van der Waals surface area (Å²) in [7, 11) is 0. The second-order valence-electron chi connectivity index (χ2n) is 5.91. The number of carbonyl (C=O) groups is 1. The van der Waals surface area contributed by atoms with Crippen LogP contribution in [0.15, 0.2) is 42.5 Å². The SMILES string of the molecule is O=C(CN1CC[N+]2=C1CCC2)c1ccc2ccccc2c1. The molecule has 0 radical (unpaired) electrons. The fourth-order valence-electron chi connectivity index (χ4n) is 3.48. The molecule has 3 heteroatoms. The monoisotopic (exact) mass is 279 g/mol. The molecule has 21 heavy (non-hydrogen) atoms. The van der Waals surface area contributed by atoms with E-state index in [1.54, 1.807) is 0 Å². The lowest BCUT2D eigenvalue weighted by molar-refractivity contribution is -0.510. The van der Waals surface area contributed by atoms with Gasteiger partial charge in [-0.1, -0.05) is 36.4 Å². The highest BCUT2D eigenvalue weighted by molar-refractivity contribution is 6.02. The molecule has 0 fully saturated rings. The lowest BCUT2D eigenvalue weighted by atomic mass is 10.0. The molecule has 2 aromatic rings. The van der Waals surface area contributed by atoms with Crippen molar-refractivity contribution in [1.29, 1.82) is 0 Å². The molecular weight excluding hydrogens is 260 g/mol. The quantitative estimate of drug-likeness (QED) is 0.636. The standard InChI is InChI=1S/C18H19N2O/c21-17(13-20-11-10-19-9-3-6-18(19)20)16-8-7-14-4-1-2-5-15(14)12-16/h1-2,4-5,7-8,12H,3,6,9-11,13H2/q+1. The van der Waals surface area contributed by atoms with Crippen molar-refractivity contribution in [3.05, 3.63) is 48.0 Å². The predicted molar refractivity (Wildman–Crippen MR) is 84.1 cm³/mol. The van der Waals surface area contributed by atoms with E-state index in [-0.39, 0.29) is 5.78 Å². The molecule has 0 saturated carbocycles. The molecule has 2 aliphatic heterocycles. The molecule has 4 rings (SSSR count). The molecule has 0 amide bonds. The van der Waals surface area contributed by atoms with Gasteiger partial charge in [0.05, 0.1) is 13.0 Å². The third-order valence-electron chi connectivity index (χ3n) is 4.60. The molecule has 3 nitrogen and oxygen atoms in total. The Bertz CT molecular complexity index is 748. The van der Waals surface area contributed by atoms with Gasteiger partial charge >= 0.3 is 0 Å². The van der Waals surface area contributed by atoms with Crippen LogP contribution in [0, 0.1) is 0 Å². The molecule has 0 aromatic heterocycles. The van der Waals surface area contributed by atoms with Crippen molar-refractivity contribution in [2.24, 2.45) is 0 Å². The molecule has 0 bridgehead atoms. The third kappa shape index (κ3) is 2.23. The minimum Gasteiger partial charge on any atom is -0.290 e. The highest BCUT2D eigenvalue weighted by Crippen LogP contribution is 2.18. The Balaban J connectivity index is 1.56. The van der Waals surface area contributed by atoms with E-state index >= 15 is 0 Å².